The van der Waals surface area contributed by atoms with E-state index in [0.29, 0.717) is 11.5 Å². The van der Waals surface area contributed by atoms with Crippen molar-refractivity contribution in [3.05, 3.63) is 24.3 Å². The Balaban J connectivity index is 2.05. The van der Waals surface area contributed by atoms with Crippen molar-refractivity contribution in [1.29, 1.82) is 0 Å². The van der Waals surface area contributed by atoms with Crippen LogP contribution in [0.15, 0.2) is 24.3 Å². The fraction of sp³-hybridized carbons (Fsp3) is 0.364. The summed E-state index contributed by atoms with van der Waals surface area (Å²) in [4.78, 5) is 10.4. The van der Waals surface area contributed by atoms with Gasteiger partial charge in [0.25, 0.3) is 0 Å². The zero-order chi connectivity index (χ0) is 11.5. The molecular weight excluding hydrogens is 212 g/mol. The number of carboxylic acid groups (broad SMARTS) is 1. The number of fused-ring (bicyclic) bond motifs is 1. The average Bonchev–Trinajstić information content (AvgIpc) is 2.27. The van der Waals surface area contributed by atoms with Gasteiger partial charge in [0, 0.05) is 0 Å². The standard InChI is InChI=1S/C11H12O5/c12-7(5-11(13)14)10-6-15-8-3-1-2-4-9(8)16-10/h1-4,7,10,12H,5-6H2,(H,13,14). The Bertz CT molecular complexity index is 390. The summed E-state index contributed by atoms with van der Waals surface area (Å²) >= 11 is 0. The van der Waals surface area contributed by atoms with Crippen LogP contribution in [0.1, 0.15) is 6.42 Å². The molecule has 1 heterocycles. The van der Waals surface area contributed by atoms with E-state index in [9.17, 15) is 9.90 Å². The van der Waals surface area contributed by atoms with Crippen molar-refractivity contribution < 1.29 is 24.5 Å². The summed E-state index contributed by atoms with van der Waals surface area (Å²) in [5.41, 5.74) is 0. The van der Waals surface area contributed by atoms with Gasteiger partial charge in [0.05, 0.1) is 6.42 Å². The van der Waals surface area contributed by atoms with E-state index in [1.807, 2.05) is 6.07 Å². The third-order valence-corrected chi connectivity index (χ3v) is 2.34. The normalized spacial score (nSPS) is 20.2. The van der Waals surface area contributed by atoms with Crippen LogP contribution >= 0.6 is 0 Å². The van der Waals surface area contributed by atoms with Crippen molar-refractivity contribution >= 4 is 5.97 Å². The van der Waals surface area contributed by atoms with Crippen LogP contribution < -0.4 is 9.47 Å². The van der Waals surface area contributed by atoms with Crippen molar-refractivity contribution in [3.63, 3.8) is 0 Å². The average molecular weight is 224 g/mol. The maximum Gasteiger partial charge on any atom is 0.306 e. The summed E-state index contributed by atoms with van der Waals surface area (Å²) in [7, 11) is 0. The second kappa shape index (κ2) is 4.40. The third kappa shape index (κ3) is 2.25. The molecule has 0 radical (unpaired) electrons. The quantitative estimate of drug-likeness (QED) is 0.788. The van der Waals surface area contributed by atoms with Crippen LogP contribution in [0.3, 0.4) is 0 Å². The van der Waals surface area contributed by atoms with Gasteiger partial charge in [-0.2, -0.15) is 0 Å². The maximum absolute atomic E-state index is 10.4. The number of carboxylic acids is 1. The molecule has 1 aromatic rings. The Kier molecular flexibility index (Phi) is 2.96. The number of hydrogen-bond donors (Lipinski definition) is 2. The highest BCUT2D eigenvalue weighted by molar-refractivity contribution is 5.67. The monoisotopic (exact) mass is 224 g/mol. The lowest BCUT2D eigenvalue weighted by Crippen LogP contribution is -2.40. The minimum absolute atomic E-state index is 0.158. The molecule has 86 valence electrons. The molecule has 0 saturated carbocycles. The molecule has 16 heavy (non-hydrogen) atoms. The number of aliphatic carboxylic acids is 1. The van der Waals surface area contributed by atoms with Gasteiger partial charge < -0.3 is 19.7 Å². The molecule has 1 aliphatic heterocycles. The number of para-hydroxylation sites is 2. The van der Waals surface area contributed by atoms with Gasteiger partial charge in [0.15, 0.2) is 17.6 Å². The Labute approximate surface area is 92.2 Å². The molecule has 0 aliphatic carbocycles. The largest absolute Gasteiger partial charge is 0.486 e. The SMILES string of the molecule is O=C(O)CC(O)C1COc2ccccc2O1. The number of carbonyl (C=O) groups is 1. The van der Waals surface area contributed by atoms with Gasteiger partial charge in [0.1, 0.15) is 12.7 Å². The summed E-state index contributed by atoms with van der Waals surface area (Å²) in [6, 6.07) is 7.08. The second-order valence-electron chi connectivity index (χ2n) is 3.58. The van der Waals surface area contributed by atoms with Gasteiger partial charge in [-0.3, -0.25) is 4.79 Å². The van der Waals surface area contributed by atoms with Gasteiger partial charge >= 0.3 is 5.97 Å². The number of aliphatic hydroxyl groups is 1. The maximum atomic E-state index is 10.4. The summed E-state index contributed by atoms with van der Waals surface area (Å²) in [5.74, 6) is 0.0828. The summed E-state index contributed by atoms with van der Waals surface area (Å²) < 4.78 is 10.8. The molecular formula is C11H12O5. The first kappa shape index (κ1) is 10.8. The van der Waals surface area contributed by atoms with E-state index in [1.54, 1.807) is 18.2 Å². The first-order valence-corrected chi connectivity index (χ1v) is 4.95. The van der Waals surface area contributed by atoms with Crippen LogP contribution in [-0.2, 0) is 4.79 Å². The summed E-state index contributed by atoms with van der Waals surface area (Å²) in [6.07, 6.45) is -2.05. The molecule has 5 heteroatoms. The first-order chi connectivity index (χ1) is 7.66. The fourth-order valence-electron chi connectivity index (χ4n) is 1.54. The molecule has 0 spiro atoms. The van der Waals surface area contributed by atoms with Crippen LogP contribution in [0.4, 0.5) is 0 Å². The number of benzene rings is 1. The Morgan fingerprint density at radius 2 is 2.12 bits per heavy atom. The highest BCUT2D eigenvalue weighted by Crippen LogP contribution is 2.31. The number of aliphatic hydroxyl groups excluding tert-OH is 1. The van der Waals surface area contributed by atoms with Gasteiger partial charge in [-0.25, -0.2) is 0 Å². The Morgan fingerprint density at radius 1 is 1.44 bits per heavy atom. The van der Waals surface area contributed by atoms with Gasteiger partial charge in [-0.15, -0.1) is 0 Å². The molecule has 0 bridgehead atoms. The van der Waals surface area contributed by atoms with Gasteiger partial charge in [-0.05, 0) is 12.1 Å². The Hall–Kier alpha value is -1.75. The number of hydrogen-bond acceptors (Lipinski definition) is 4. The van der Waals surface area contributed by atoms with Gasteiger partial charge in [0.2, 0.25) is 0 Å². The topological polar surface area (TPSA) is 76.0 Å². The first-order valence-electron chi connectivity index (χ1n) is 4.95. The lowest BCUT2D eigenvalue weighted by atomic mass is 10.1. The van der Waals surface area contributed by atoms with E-state index in [-0.39, 0.29) is 13.0 Å². The van der Waals surface area contributed by atoms with Crippen molar-refractivity contribution in [2.75, 3.05) is 6.61 Å². The third-order valence-electron chi connectivity index (χ3n) is 2.34. The Morgan fingerprint density at radius 3 is 2.81 bits per heavy atom. The van der Waals surface area contributed by atoms with Gasteiger partial charge in [-0.1, -0.05) is 12.1 Å². The number of ether oxygens (including phenoxy) is 2. The van der Waals surface area contributed by atoms with Crippen molar-refractivity contribution in [2.24, 2.45) is 0 Å². The molecule has 1 aromatic carbocycles. The molecule has 2 rings (SSSR count). The second-order valence-corrected chi connectivity index (χ2v) is 3.58. The van der Waals surface area contributed by atoms with Crippen LogP contribution in [0.25, 0.3) is 0 Å². The van der Waals surface area contributed by atoms with E-state index in [1.165, 1.54) is 0 Å². The molecule has 1 aliphatic rings. The highest BCUT2D eigenvalue weighted by atomic mass is 16.6. The van der Waals surface area contributed by atoms with Crippen LogP contribution in [-0.4, -0.2) is 35.0 Å². The summed E-state index contributed by atoms with van der Waals surface area (Å²) in [5, 5.41) is 18.1. The lowest BCUT2D eigenvalue weighted by Gasteiger charge is -2.28. The predicted octanol–water partition coefficient (Wildman–Crippen LogP) is 0.662. The molecule has 0 saturated heterocycles. The molecule has 2 atom stereocenters. The highest BCUT2D eigenvalue weighted by Gasteiger charge is 2.28. The van der Waals surface area contributed by atoms with Crippen molar-refractivity contribution in [1.82, 2.24) is 0 Å². The van der Waals surface area contributed by atoms with E-state index < -0.39 is 18.2 Å². The molecule has 0 aromatic heterocycles. The van der Waals surface area contributed by atoms with E-state index in [4.69, 9.17) is 14.6 Å². The van der Waals surface area contributed by atoms with Crippen LogP contribution in [0.5, 0.6) is 11.5 Å². The molecule has 5 nitrogen and oxygen atoms in total. The van der Waals surface area contributed by atoms with E-state index in [0.717, 1.165) is 0 Å². The fourth-order valence-corrected chi connectivity index (χ4v) is 1.54. The smallest absolute Gasteiger partial charge is 0.306 e. The van der Waals surface area contributed by atoms with Crippen molar-refractivity contribution in [3.8, 4) is 11.5 Å². The van der Waals surface area contributed by atoms with Crippen LogP contribution in [0, 0.1) is 0 Å². The zero-order valence-electron chi connectivity index (χ0n) is 8.50. The van der Waals surface area contributed by atoms with E-state index >= 15 is 0 Å². The molecule has 0 amide bonds. The predicted molar refractivity (Wildman–Crippen MR) is 54.6 cm³/mol. The zero-order valence-corrected chi connectivity index (χ0v) is 8.50. The minimum atomic E-state index is -1.06. The molecule has 0 fully saturated rings. The number of rotatable bonds is 3. The molecule has 2 unspecified atom stereocenters. The lowest BCUT2D eigenvalue weighted by molar-refractivity contribution is -0.141. The minimum Gasteiger partial charge on any atom is -0.486 e. The van der Waals surface area contributed by atoms with Crippen molar-refractivity contribution in [2.45, 2.75) is 18.6 Å². The van der Waals surface area contributed by atoms with Crippen LogP contribution in [0.2, 0.25) is 0 Å². The van der Waals surface area contributed by atoms with E-state index in [2.05, 4.69) is 0 Å². The molecule has 2 N–H and O–H groups in total. The summed E-state index contributed by atoms with van der Waals surface area (Å²) in [6.45, 7) is 0.158.